The highest BCUT2D eigenvalue weighted by molar-refractivity contribution is 5.93. The summed E-state index contributed by atoms with van der Waals surface area (Å²) in [6, 6.07) is 7.43. The number of H-pyrrole nitrogens is 1. The Morgan fingerprint density at radius 2 is 2.25 bits per heavy atom. The molecule has 0 radical (unpaired) electrons. The number of benzene rings is 1. The number of carbonyl (C=O) groups excluding carboxylic acids is 1. The monoisotopic (exact) mass is 216 g/mol. The molecule has 2 rings (SSSR count). The molecule has 0 saturated carbocycles. The molecule has 5 heteroatoms. The topological polar surface area (TPSA) is 83.8 Å². The SMILES string of the molecule is Nc1ccccc1CNC(=O)c1cn[nH]c1. The standard InChI is InChI=1S/C11H12N4O/c12-10-4-2-1-3-8(10)5-13-11(16)9-6-14-15-7-9/h1-4,6-7H,5,12H2,(H,13,16)(H,14,15). The average molecular weight is 216 g/mol. The quantitative estimate of drug-likeness (QED) is 0.667. The zero-order valence-corrected chi connectivity index (χ0v) is 8.60. The van der Waals surface area contributed by atoms with Gasteiger partial charge in [-0.05, 0) is 11.6 Å². The highest BCUT2D eigenvalue weighted by atomic mass is 16.1. The van der Waals surface area contributed by atoms with Gasteiger partial charge in [0.2, 0.25) is 0 Å². The zero-order chi connectivity index (χ0) is 11.4. The Kier molecular flexibility index (Phi) is 2.86. The van der Waals surface area contributed by atoms with Crippen molar-refractivity contribution in [2.75, 3.05) is 5.73 Å². The van der Waals surface area contributed by atoms with E-state index >= 15 is 0 Å². The molecule has 0 aliphatic rings. The van der Waals surface area contributed by atoms with E-state index in [1.807, 2.05) is 18.2 Å². The van der Waals surface area contributed by atoms with Gasteiger partial charge >= 0.3 is 0 Å². The van der Waals surface area contributed by atoms with Crippen LogP contribution in [0.2, 0.25) is 0 Å². The summed E-state index contributed by atoms with van der Waals surface area (Å²) in [6.07, 6.45) is 3.02. The van der Waals surface area contributed by atoms with E-state index in [1.165, 1.54) is 6.20 Å². The first kappa shape index (κ1) is 10.2. The van der Waals surface area contributed by atoms with Gasteiger partial charge in [0.15, 0.2) is 0 Å². The normalized spacial score (nSPS) is 10.0. The van der Waals surface area contributed by atoms with Crippen LogP contribution in [0.1, 0.15) is 15.9 Å². The third-order valence-electron chi connectivity index (χ3n) is 2.25. The van der Waals surface area contributed by atoms with Crippen molar-refractivity contribution in [3.05, 3.63) is 47.8 Å². The molecule has 82 valence electrons. The number of aromatic nitrogens is 2. The number of nitrogens with one attached hydrogen (secondary N) is 2. The average Bonchev–Trinajstić information content (AvgIpc) is 2.81. The van der Waals surface area contributed by atoms with Gasteiger partial charge in [-0.2, -0.15) is 5.10 Å². The van der Waals surface area contributed by atoms with E-state index in [2.05, 4.69) is 15.5 Å². The molecule has 0 unspecified atom stereocenters. The number of anilines is 1. The van der Waals surface area contributed by atoms with Gasteiger partial charge < -0.3 is 11.1 Å². The number of amides is 1. The molecule has 0 saturated heterocycles. The first-order valence-electron chi connectivity index (χ1n) is 4.88. The second-order valence-corrected chi connectivity index (χ2v) is 3.37. The van der Waals surface area contributed by atoms with Crippen LogP contribution in [0.3, 0.4) is 0 Å². The maximum absolute atomic E-state index is 11.6. The summed E-state index contributed by atoms with van der Waals surface area (Å²) < 4.78 is 0. The molecule has 16 heavy (non-hydrogen) atoms. The molecule has 5 nitrogen and oxygen atoms in total. The van der Waals surface area contributed by atoms with Gasteiger partial charge in [0.25, 0.3) is 5.91 Å². The van der Waals surface area contributed by atoms with Gasteiger partial charge in [0.05, 0.1) is 11.8 Å². The Labute approximate surface area is 92.7 Å². The molecule has 0 fully saturated rings. The molecular weight excluding hydrogens is 204 g/mol. The van der Waals surface area contributed by atoms with Crippen LogP contribution in [-0.2, 0) is 6.54 Å². The summed E-state index contributed by atoms with van der Waals surface area (Å²) in [5.74, 6) is -0.169. The molecule has 0 aliphatic heterocycles. The number of nitrogens with zero attached hydrogens (tertiary/aromatic N) is 1. The van der Waals surface area contributed by atoms with Crippen LogP contribution in [0.15, 0.2) is 36.7 Å². The molecule has 1 heterocycles. The highest BCUT2D eigenvalue weighted by Crippen LogP contribution is 2.09. The zero-order valence-electron chi connectivity index (χ0n) is 8.60. The van der Waals surface area contributed by atoms with E-state index in [0.29, 0.717) is 17.8 Å². The molecule has 1 amide bonds. The summed E-state index contributed by atoms with van der Waals surface area (Å²) in [6.45, 7) is 0.413. The van der Waals surface area contributed by atoms with Crippen LogP contribution >= 0.6 is 0 Å². The smallest absolute Gasteiger partial charge is 0.254 e. The Morgan fingerprint density at radius 1 is 1.44 bits per heavy atom. The van der Waals surface area contributed by atoms with Crippen LogP contribution in [0.25, 0.3) is 0 Å². The van der Waals surface area contributed by atoms with Crippen molar-refractivity contribution in [2.45, 2.75) is 6.54 Å². The molecule has 4 N–H and O–H groups in total. The van der Waals surface area contributed by atoms with Crippen molar-refractivity contribution in [3.63, 3.8) is 0 Å². The van der Waals surface area contributed by atoms with Gasteiger partial charge in [-0.15, -0.1) is 0 Å². The number of carbonyl (C=O) groups is 1. The first-order valence-corrected chi connectivity index (χ1v) is 4.88. The van der Waals surface area contributed by atoms with Crippen molar-refractivity contribution in [1.29, 1.82) is 0 Å². The summed E-state index contributed by atoms with van der Waals surface area (Å²) in [5.41, 5.74) is 7.84. The second-order valence-electron chi connectivity index (χ2n) is 3.37. The molecule has 0 spiro atoms. The number of nitrogen functional groups attached to an aromatic ring is 1. The predicted octanol–water partition coefficient (Wildman–Crippen LogP) is 0.922. The number of hydrogen-bond donors (Lipinski definition) is 3. The summed E-state index contributed by atoms with van der Waals surface area (Å²) >= 11 is 0. The number of aromatic amines is 1. The van der Waals surface area contributed by atoms with Gasteiger partial charge in [-0.1, -0.05) is 18.2 Å². The number of hydrogen-bond acceptors (Lipinski definition) is 3. The van der Waals surface area contributed by atoms with Crippen molar-refractivity contribution < 1.29 is 4.79 Å². The molecule has 0 atom stereocenters. The summed E-state index contributed by atoms with van der Waals surface area (Å²) in [5, 5.41) is 9.05. The third kappa shape index (κ3) is 2.20. The Bertz CT molecular complexity index is 478. The van der Waals surface area contributed by atoms with E-state index < -0.39 is 0 Å². The number of para-hydroxylation sites is 1. The van der Waals surface area contributed by atoms with Crippen molar-refractivity contribution in [2.24, 2.45) is 0 Å². The summed E-state index contributed by atoms with van der Waals surface area (Å²) in [7, 11) is 0. The van der Waals surface area contributed by atoms with Gasteiger partial charge in [0.1, 0.15) is 0 Å². The van der Waals surface area contributed by atoms with Crippen LogP contribution in [0.5, 0.6) is 0 Å². The molecule has 0 aliphatic carbocycles. The van der Waals surface area contributed by atoms with E-state index in [1.54, 1.807) is 12.3 Å². The lowest BCUT2D eigenvalue weighted by molar-refractivity contribution is 0.0951. The van der Waals surface area contributed by atoms with Crippen molar-refractivity contribution in [1.82, 2.24) is 15.5 Å². The molecular formula is C11H12N4O. The third-order valence-corrected chi connectivity index (χ3v) is 2.25. The lowest BCUT2D eigenvalue weighted by Gasteiger charge is -2.06. The minimum atomic E-state index is -0.169. The van der Waals surface area contributed by atoms with E-state index in [-0.39, 0.29) is 5.91 Å². The molecule has 1 aromatic carbocycles. The Balaban J connectivity index is 1.98. The Morgan fingerprint density at radius 3 is 2.94 bits per heavy atom. The van der Waals surface area contributed by atoms with Crippen LogP contribution in [0, 0.1) is 0 Å². The van der Waals surface area contributed by atoms with E-state index in [0.717, 1.165) is 5.56 Å². The van der Waals surface area contributed by atoms with Gasteiger partial charge in [-0.25, -0.2) is 0 Å². The fourth-order valence-electron chi connectivity index (χ4n) is 1.35. The summed E-state index contributed by atoms with van der Waals surface area (Å²) in [4.78, 5) is 11.6. The van der Waals surface area contributed by atoms with Crippen LogP contribution in [0.4, 0.5) is 5.69 Å². The first-order chi connectivity index (χ1) is 7.77. The molecule has 1 aromatic heterocycles. The Hall–Kier alpha value is -2.30. The fourth-order valence-corrected chi connectivity index (χ4v) is 1.35. The molecule has 0 bridgehead atoms. The number of rotatable bonds is 3. The lowest BCUT2D eigenvalue weighted by atomic mass is 10.2. The molecule has 2 aromatic rings. The van der Waals surface area contributed by atoms with Gasteiger partial charge in [-0.3, -0.25) is 9.89 Å². The predicted molar refractivity (Wildman–Crippen MR) is 60.6 cm³/mol. The fraction of sp³-hybridized carbons (Fsp3) is 0.0909. The minimum absolute atomic E-state index is 0.169. The second kappa shape index (κ2) is 4.48. The van der Waals surface area contributed by atoms with Crippen molar-refractivity contribution in [3.8, 4) is 0 Å². The maximum Gasteiger partial charge on any atom is 0.254 e. The largest absolute Gasteiger partial charge is 0.398 e. The van der Waals surface area contributed by atoms with E-state index in [9.17, 15) is 4.79 Å². The minimum Gasteiger partial charge on any atom is -0.398 e. The maximum atomic E-state index is 11.6. The number of nitrogens with two attached hydrogens (primary N) is 1. The van der Waals surface area contributed by atoms with Crippen molar-refractivity contribution >= 4 is 11.6 Å². The van der Waals surface area contributed by atoms with Gasteiger partial charge in [0, 0.05) is 18.4 Å². The van der Waals surface area contributed by atoms with Crippen LogP contribution in [-0.4, -0.2) is 16.1 Å². The lowest BCUT2D eigenvalue weighted by Crippen LogP contribution is -2.22. The highest BCUT2D eigenvalue weighted by Gasteiger charge is 2.06. The van der Waals surface area contributed by atoms with E-state index in [4.69, 9.17) is 5.73 Å². The van der Waals surface area contributed by atoms with Crippen LogP contribution < -0.4 is 11.1 Å².